The van der Waals surface area contributed by atoms with Crippen LogP contribution in [0.2, 0.25) is 0 Å². The number of carbonyl (C=O) groups excluding carboxylic acids is 1. The van der Waals surface area contributed by atoms with E-state index in [2.05, 4.69) is 29.0 Å². The fourth-order valence-electron chi connectivity index (χ4n) is 5.31. The first kappa shape index (κ1) is 17.7. The quantitative estimate of drug-likeness (QED) is 0.791. The molecule has 4 aliphatic rings. The summed E-state index contributed by atoms with van der Waals surface area (Å²) in [7, 11) is 2.13. The van der Waals surface area contributed by atoms with E-state index in [-0.39, 0.29) is 11.9 Å². The van der Waals surface area contributed by atoms with Crippen molar-refractivity contribution in [2.45, 2.75) is 24.7 Å². The Balaban J connectivity index is 1.42. The molecule has 7 nitrogen and oxygen atoms in total. The second-order valence-electron chi connectivity index (χ2n) is 8.33. The van der Waals surface area contributed by atoms with Gasteiger partial charge in [-0.3, -0.25) is 9.59 Å². The van der Waals surface area contributed by atoms with Crippen LogP contribution in [0.3, 0.4) is 0 Å². The van der Waals surface area contributed by atoms with Crippen molar-refractivity contribution in [1.29, 1.82) is 0 Å². The number of aliphatic carboxylic acids is 1. The molecular formula is C21H25N3O4. The summed E-state index contributed by atoms with van der Waals surface area (Å²) in [5.41, 5.74) is 1.11. The summed E-state index contributed by atoms with van der Waals surface area (Å²) in [4.78, 5) is 31.4. The first-order valence-electron chi connectivity index (χ1n) is 9.89. The highest BCUT2D eigenvalue weighted by Crippen LogP contribution is 2.55. The van der Waals surface area contributed by atoms with Crippen molar-refractivity contribution < 1.29 is 19.4 Å². The van der Waals surface area contributed by atoms with Gasteiger partial charge in [0.25, 0.3) is 0 Å². The number of amides is 1. The van der Waals surface area contributed by atoms with Crippen molar-refractivity contribution in [1.82, 2.24) is 4.90 Å². The maximum Gasteiger partial charge on any atom is 0.310 e. The van der Waals surface area contributed by atoms with Gasteiger partial charge in [0, 0.05) is 37.6 Å². The third kappa shape index (κ3) is 2.29. The number of carbonyl (C=O) groups is 2. The number of anilines is 2. The minimum absolute atomic E-state index is 0.154. The standard InChI is InChI=1S/C21H25N3O4/c1-13-21-8-7-16(28-21)17(20(26)27)18(21)19(25)24(13)15-5-3-14(4-6-15)23-11-9-22(2)10-12-23/h3-8,13,16-18H,9-12H2,1-2H3,(H,26,27). The molecule has 0 saturated carbocycles. The van der Waals surface area contributed by atoms with Crippen molar-refractivity contribution in [3.63, 3.8) is 0 Å². The van der Waals surface area contributed by atoms with E-state index in [9.17, 15) is 14.7 Å². The van der Waals surface area contributed by atoms with Gasteiger partial charge < -0.3 is 24.5 Å². The molecule has 5 atom stereocenters. The van der Waals surface area contributed by atoms with Crippen LogP contribution in [0.5, 0.6) is 0 Å². The number of hydrogen-bond donors (Lipinski definition) is 1. The molecule has 1 spiro atoms. The minimum atomic E-state index is -0.964. The van der Waals surface area contributed by atoms with Crippen molar-refractivity contribution in [2.24, 2.45) is 11.8 Å². The van der Waals surface area contributed by atoms with Crippen molar-refractivity contribution in [3.8, 4) is 0 Å². The van der Waals surface area contributed by atoms with Gasteiger partial charge in [0.15, 0.2) is 0 Å². The van der Waals surface area contributed by atoms with E-state index in [4.69, 9.17) is 4.74 Å². The molecule has 3 saturated heterocycles. The van der Waals surface area contributed by atoms with Crippen LogP contribution >= 0.6 is 0 Å². The van der Waals surface area contributed by atoms with Crippen LogP contribution in [0.4, 0.5) is 11.4 Å². The minimum Gasteiger partial charge on any atom is -0.481 e. The van der Waals surface area contributed by atoms with Gasteiger partial charge in [-0.25, -0.2) is 0 Å². The first-order chi connectivity index (χ1) is 13.4. The van der Waals surface area contributed by atoms with Gasteiger partial charge in [-0.1, -0.05) is 12.2 Å². The van der Waals surface area contributed by atoms with E-state index in [1.165, 1.54) is 0 Å². The van der Waals surface area contributed by atoms with Gasteiger partial charge in [-0.05, 0) is 38.2 Å². The Morgan fingerprint density at radius 3 is 2.43 bits per heavy atom. The predicted octanol–water partition coefficient (Wildman–Crippen LogP) is 1.20. The lowest BCUT2D eigenvalue weighted by atomic mass is 9.75. The molecule has 0 radical (unpaired) electrons. The fourth-order valence-corrected chi connectivity index (χ4v) is 5.31. The molecule has 5 rings (SSSR count). The smallest absolute Gasteiger partial charge is 0.310 e. The molecule has 3 fully saturated rings. The Morgan fingerprint density at radius 1 is 1.14 bits per heavy atom. The molecule has 7 heteroatoms. The van der Waals surface area contributed by atoms with Gasteiger partial charge in [0.1, 0.15) is 11.5 Å². The number of carboxylic acids is 1. The highest BCUT2D eigenvalue weighted by Gasteiger charge is 2.70. The number of benzene rings is 1. The number of rotatable bonds is 3. The third-order valence-corrected chi connectivity index (χ3v) is 6.91. The Morgan fingerprint density at radius 2 is 1.79 bits per heavy atom. The van der Waals surface area contributed by atoms with Gasteiger partial charge in [-0.2, -0.15) is 0 Å². The van der Waals surface area contributed by atoms with Gasteiger partial charge in [0.2, 0.25) is 5.91 Å². The summed E-state index contributed by atoms with van der Waals surface area (Å²) in [6.07, 6.45) is 3.21. The largest absolute Gasteiger partial charge is 0.481 e. The second kappa shape index (κ2) is 6.06. The number of nitrogens with zero attached hydrogens (tertiary/aromatic N) is 3. The molecule has 1 aromatic rings. The molecule has 1 amide bonds. The van der Waals surface area contributed by atoms with E-state index < -0.39 is 29.5 Å². The average Bonchev–Trinajstić information content (AvgIpc) is 3.32. The van der Waals surface area contributed by atoms with Crippen LogP contribution in [-0.2, 0) is 14.3 Å². The van der Waals surface area contributed by atoms with Crippen LogP contribution in [0, 0.1) is 11.8 Å². The SMILES string of the molecule is CC1N(c2ccc(N3CCN(C)CC3)cc2)C(=O)C2C(C(=O)O)C3C=CC21O3. The summed E-state index contributed by atoms with van der Waals surface area (Å²) < 4.78 is 6.05. The van der Waals surface area contributed by atoms with E-state index in [0.717, 1.165) is 37.6 Å². The summed E-state index contributed by atoms with van der Waals surface area (Å²) in [5, 5.41) is 9.65. The lowest BCUT2D eigenvalue weighted by Crippen LogP contribution is -2.44. The molecule has 1 N–H and O–H groups in total. The Labute approximate surface area is 164 Å². The van der Waals surface area contributed by atoms with Crippen molar-refractivity contribution in [2.75, 3.05) is 43.0 Å². The first-order valence-corrected chi connectivity index (χ1v) is 9.89. The zero-order chi connectivity index (χ0) is 19.6. The summed E-state index contributed by atoms with van der Waals surface area (Å²) in [6, 6.07) is 7.78. The molecular weight excluding hydrogens is 358 g/mol. The number of hydrogen-bond acceptors (Lipinski definition) is 5. The van der Waals surface area contributed by atoms with Gasteiger partial charge in [-0.15, -0.1) is 0 Å². The van der Waals surface area contributed by atoms with Crippen LogP contribution in [0.25, 0.3) is 0 Å². The molecule has 4 heterocycles. The molecule has 5 unspecified atom stereocenters. The monoisotopic (exact) mass is 383 g/mol. The number of fused-ring (bicyclic) bond motifs is 1. The zero-order valence-corrected chi connectivity index (χ0v) is 16.1. The predicted molar refractivity (Wildman–Crippen MR) is 104 cm³/mol. The zero-order valence-electron chi connectivity index (χ0n) is 16.1. The van der Waals surface area contributed by atoms with E-state index in [1.54, 1.807) is 11.0 Å². The van der Waals surface area contributed by atoms with Crippen molar-refractivity contribution in [3.05, 3.63) is 36.4 Å². The number of carboxylic acid groups (broad SMARTS) is 1. The molecule has 148 valence electrons. The summed E-state index contributed by atoms with van der Waals surface area (Å²) >= 11 is 0. The van der Waals surface area contributed by atoms with E-state index in [1.807, 2.05) is 25.1 Å². The lowest BCUT2D eigenvalue weighted by Gasteiger charge is -2.34. The lowest BCUT2D eigenvalue weighted by molar-refractivity contribution is -0.146. The molecule has 4 aliphatic heterocycles. The summed E-state index contributed by atoms with van der Waals surface area (Å²) in [5.74, 6) is -2.59. The van der Waals surface area contributed by atoms with Crippen LogP contribution < -0.4 is 9.80 Å². The second-order valence-corrected chi connectivity index (χ2v) is 8.33. The van der Waals surface area contributed by atoms with E-state index >= 15 is 0 Å². The number of ether oxygens (including phenoxy) is 1. The van der Waals surface area contributed by atoms with Crippen LogP contribution in [0.1, 0.15) is 6.92 Å². The molecule has 0 aromatic heterocycles. The Bertz CT molecular complexity index is 846. The molecule has 28 heavy (non-hydrogen) atoms. The van der Waals surface area contributed by atoms with Gasteiger partial charge >= 0.3 is 5.97 Å². The highest BCUT2D eigenvalue weighted by molar-refractivity contribution is 6.03. The maximum absolute atomic E-state index is 13.3. The number of piperazine rings is 1. The van der Waals surface area contributed by atoms with Crippen LogP contribution in [-0.4, -0.2) is 72.9 Å². The molecule has 0 aliphatic carbocycles. The Kier molecular flexibility index (Phi) is 3.83. The van der Waals surface area contributed by atoms with Crippen LogP contribution in [0.15, 0.2) is 36.4 Å². The average molecular weight is 383 g/mol. The molecule has 2 bridgehead atoms. The Hall–Kier alpha value is -2.38. The fraction of sp³-hybridized carbons (Fsp3) is 0.524. The molecule has 1 aromatic carbocycles. The van der Waals surface area contributed by atoms with Gasteiger partial charge in [0.05, 0.1) is 18.1 Å². The topological polar surface area (TPSA) is 73.3 Å². The normalized spacial score (nSPS) is 37.0. The maximum atomic E-state index is 13.3. The number of likely N-dealkylation sites (N-methyl/N-ethyl adjacent to an activating group) is 1. The third-order valence-electron chi connectivity index (χ3n) is 6.91. The summed E-state index contributed by atoms with van der Waals surface area (Å²) in [6.45, 7) is 5.99. The van der Waals surface area contributed by atoms with Crippen molar-refractivity contribution >= 4 is 23.3 Å². The van der Waals surface area contributed by atoms with E-state index in [0.29, 0.717) is 0 Å². The highest BCUT2D eigenvalue weighted by atomic mass is 16.5.